The predicted molar refractivity (Wildman–Crippen MR) is 147 cm³/mol. The fourth-order valence-electron chi connectivity index (χ4n) is 4.32. The Bertz CT molecular complexity index is 1300. The van der Waals surface area contributed by atoms with E-state index in [0.717, 1.165) is 27.5 Å². The van der Waals surface area contributed by atoms with Gasteiger partial charge in [0, 0.05) is 12.2 Å². The lowest BCUT2D eigenvalue weighted by Crippen LogP contribution is -2.51. The second-order valence-electron chi connectivity index (χ2n) is 10.3. The molecular formula is C30H37N3O4. The first-order valence-corrected chi connectivity index (χ1v) is 12.6. The van der Waals surface area contributed by atoms with E-state index in [1.807, 2.05) is 81.4 Å². The standard InChI is InChI=1S/C30H37N3O4/c1-8-33(28(35)21(4)31-29(36)37-30(5,6)7)26(25-16-13-19(2)17-20(25)3)27(34)32-24-15-14-22-11-9-10-12-23(22)18-24/h9-18,21,26H,8H2,1-7H3,(H,31,36)(H,32,34). The van der Waals surface area contributed by atoms with Crippen LogP contribution in [0.2, 0.25) is 0 Å². The number of hydrogen-bond donors (Lipinski definition) is 2. The van der Waals surface area contributed by atoms with Crippen LogP contribution in [0.15, 0.2) is 60.7 Å². The number of nitrogens with zero attached hydrogens (tertiary/aromatic N) is 1. The van der Waals surface area contributed by atoms with E-state index in [4.69, 9.17) is 4.74 Å². The number of ether oxygens (including phenoxy) is 1. The molecule has 0 aromatic heterocycles. The van der Waals surface area contributed by atoms with Gasteiger partial charge in [0.05, 0.1) is 0 Å². The third-order valence-corrected chi connectivity index (χ3v) is 6.02. The summed E-state index contributed by atoms with van der Waals surface area (Å²) in [4.78, 5) is 41.2. The normalized spacial score (nSPS) is 12.9. The number of carbonyl (C=O) groups is 3. The predicted octanol–water partition coefficient (Wildman–Crippen LogP) is 5.90. The molecule has 0 spiro atoms. The maximum Gasteiger partial charge on any atom is 0.408 e. The van der Waals surface area contributed by atoms with E-state index in [2.05, 4.69) is 10.6 Å². The molecule has 37 heavy (non-hydrogen) atoms. The molecule has 2 N–H and O–H groups in total. The quantitative estimate of drug-likeness (QED) is 0.420. The van der Waals surface area contributed by atoms with Crippen molar-refractivity contribution >= 4 is 34.4 Å². The number of hydrogen-bond acceptors (Lipinski definition) is 4. The van der Waals surface area contributed by atoms with E-state index >= 15 is 0 Å². The molecule has 7 heteroatoms. The highest BCUT2D eigenvalue weighted by atomic mass is 16.6. The molecule has 2 unspecified atom stereocenters. The van der Waals surface area contributed by atoms with Gasteiger partial charge in [-0.05, 0) is 82.5 Å². The molecule has 7 nitrogen and oxygen atoms in total. The number of rotatable bonds is 7. The lowest BCUT2D eigenvalue weighted by atomic mass is 9.96. The molecule has 0 fully saturated rings. The monoisotopic (exact) mass is 503 g/mol. The van der Waals surface area contributed by atoms with Gasteiger partial charge in [-0.2, -0.15) is 0 Å². The molecule has 0 saturated heterocycles. The van der Waals surface area contributed by atoms with Crippen LogP contribution in [-0.2, 0) is 14.3 Å². The Balaban J connectivity index is 1.93. The highest BCUT2D eigenvalue weighted by Crippen LogP contribution is 2.28. The fraction of sp³-hybridized carbons (Fsp3) is 0.367. The molecule has 0 saturated carbocycles. The van der Waals surface area contributed by atoms with E-state index < -0.39 is 23.8 Å². The van der Waals surface area contributed by atoms with Crippen LogP contribution in [0.1, 0.15) is 57.4 Å². The molecule has 3 aromatic carbocycles. The van der Waals surface area contributed by atoms with Crippen molar-refractivity contribution in [2.24, 2.45) is 0 Å². The van der Waals surface area contributed by atoms with Gasteiger partial charge in [0.1, 0.15) is 17.7 Å². The average Bonchev–Trinajstić information content (AvgIpc) is 2.81. The van der Waals surface area contributed by atoms with Crippen LogP contribution in [-0.4, -0.2) is 41.0 Å². The van der Waals surface area contributed by atoms with Gasteiger partial charge in [0.15, 0.2) is 0 Å². The van der Waals surface area contributed by atoms with Gasteiger partial charge in [-0.3, -0.25) is 9.59 Å². The van der Waals surface area contributed by atoms with Crippen molar-refractivity contribution in [3.8, 4) is 0 Å². The van der Waals surface area contributed by atoms with Crippen molar-refractivity contribution in [2.75, 3.05) is 11.9 Å². The summed E-state index contributed by atoms with van der Waals surface area (Å²) >= 11 is 0. The fourth-order valence-corrected chi connectivity index (χ4v) is 4.32. The molecule has 3 amide bonds. The molecule has 2 atom stereocenters. The first kappa shape index (κ1) is 27.7. The lowest BCUT2D eigenvalue weighted by molar-refractivity contribution is -0.140. The van der Waals surface area contributed by atoms with Crippen molar-refractivity contribution < 1.29 is 19.1 Å². The first-order chi connectivity index (χ1) is 17.4. The maximum absolute atomic E-state index is 13.8. The Morgan fingerprint density at radius 2 is 1.62 bits per heavy atom. The average molecular weight is 504 g/mol. The van der Waals surface area contributed by atoms with E-state index in [9.17, 15) is 14.4 Å². The van der Waals surface area contributed by atoms with Crippen LogP contribution >= 0.6 is 0 Å². The lowest BCUT2D eigenvalue weighted by Gasteiger charge is -2.33. The number of alkyl carbamates (subject to hydrolysis) is 1. The van der Waals surface area contributed by atoms with Crippen molar-refractivity contribution in [1.82, 2.24) is 10.2 Å². The second-order valence-corrected chi connectivity index (χ2v) is 10.3. The number of aryl methyl sites for hydroxylation is 2. The minimum atomic E-state index is -0.896. The molecule has 0 heterocycles. The Morgan fingerprint density at radius 3 is 2.24 bits per heavy atom. The highest BCUT2D eigenvalue weighted by molar-refractivity contribution is 6.00. The number of fused-ring (bicyclic) bond motifs is 1. The molecular weight excluding hydrogens is 466 g/mol. The van der Waals surface area contributed by atoms with Gasteiger partial charge in [-0.1, -0.05) is 54.1 Å². The Morgan fingerprint density at radius 1 is 0.946 bits per heavy atom. The van der Waals surface area contributed by atoms with E-state index in [1.54, 1.807) is 27.7 Å². The largest absolute Gasteiger partial charge is 0.444 e. The third-order valence-electron chi connectivity index (χ3n) is 6.02. The zero-order valence-corrected chi connectivity index (χ0v) is 22.7. The summed E-state index contributed by atoms with van der Waals surface area (Å²) in [5, 5.41) is 7.69. The summed E-state index contributed by atoms with van der Waals surface area (Å²) in [6.07, 6.45) is -0.687. The first-order valence-electron chi connectivity index (χ1n) is 12.6. The molecule has 0 bridgehead atoms. The summed E-state index contributed by atoms with van der Waals surface area (Å²) in [6.45, 7) is 12.9. The minimum Gasteiger partial charge on any atom is -0.444 e. The molecule has 0 aliphatic heterocycles. The number of likely N-dealkylation sites (N-methyl/N-ethyl adjacent to an activating group) is 1. The van der Waals surface area contributed by atoms with Crippen molar-refractivity contribution in [1.29, 1.82) is 0 Å². The summed E-state index contributed by atoms with van der Waals surface area (Å²) in [7, 11) is 0. The second kappa shape index (κ2) is 11.5. The van der Waals surface area contributed by atoms with Crippen molar-refractivity contribution in [2.45, 2.75) is 66.2 Å². The zero-order chi connectivity index (χ0) is 27.3. The Kier molecular flexibility index (Phi) is 8.58. The summed E-state index contributed by atoms with van der Waals surface area (Å²) in [5.74, 6) is -0.714. The van der Waals surface area contributed by atoms with Crippen LogP contribution in [0.3, 0.4) is 0 Å². The molecule has 0 aliphatic carbocycles. The number of nitrogens with one attached hydrogen (secondary N) is 2. The zero-order valence-electron chi connectivity index (χ0n) is 22.7. The summed E-state index contributed by atoms with van der Waals surface area (Å²) in [6, 6.07) is 17.6. The highest BCUT2D eigenvalue weighted by Gasteiger charge is 2.34. The number of carbonyl (C=O) groups excluding carboxylic acids is 3. The van der Waals surface area contributed by atoms with Crippen molar-refractivity contribution in [3.05, 3.63) is 77.4 Å². The Labute approximate surface area is 219 Å². The van der Waals surface area contributed by atoms with Gasteiger partial charge in [-0.15, -0.1) is 0 Å². The number of amides is 3. The van der Waals surface area contributed by atoms with Crippen LogP contribution in [0.4, 0.5) is 10.5 Å². The smallest absolute Gasteiger partial charge is 0.408 e. The van der Waals surface area contributed by atoms with Crippen LogP contribution in [0.25, 0.3) is 10.8 Å². The van der Waals surface area contributed by atoms with Crippen molar-refractivity contribution in [3.63, 3.8) is 0 Å². The summed E-state index contributed by atoms with van der Waals surface area (Å²) in [5.41, 5.74) is 2.63. The van der Waals surface area contributed by atoms with Crippen LogP contribution in [0.5, 0.6) is 0 Å². The van der Waals surface area contributed by atoms with Gasteiger partial charge in [0.2, 0.25) is 5.91 Å². The van der Waals surface area contributed by atoms with E-state index in [0.29, 0.717) is 5.69 Å². The summed E-state index contributed by atoms with van der Waals surface area (Å²) < 4.78 is 5.31. The molecule has 196 valence electrons. The van der Waals surface area contributed by atoms with E-state index in [-0.39, 0.29) is 18.4 Å². The Hall–Kier alpha value is -3.87. The van der Waals surface area contributed by atoms with Crippen LogP contribution < -0.4 is 10.6 Å². The minimum absolute atomic E-state index is 0.266. The van der Waals surface area contributed by atoms with Gasteiger partial charge < -0.3 is 20.3 Å². The van der Waals surface area contributed by atoms with Gasteiger partial charge in [-0.25, -0.2) is 4.79 Å². The van der Waals surface area contributed by atoms with Gasteiger partial charge >= 0.3 is 6.09 Å². The topological polar surface area (TPSA) is 87.7 Å². The molecule has 3 aromatic rings. The SMILES string of the molecule is CCN(C(=O)C(C)NC(=O)OC(C)(C)C)C(C(=O)Nc1ccc2ccccc2c1)c1ccc(C)cc1C. The van der Waals surface area contributed by atoms with E-state index in [1.165, 1.54) is 4.90 Å². The maximum atomic E-state index is 13.8. The number of anilines is 1. The molecule has 3 rings (SSSR count). The third kappa shape index (κ3) is 7.09. The number of benzene rings is 3. The van der Waals surface area contributed by atoms with Gasteiger partial charge in [0.25, 0.3) is 5.91 Å². The van der Waals surface area contributed by atoms with Crippen LogP contribution in [0, 0.1) is 13.8 Å². The molecule has 0 aliphatic rings. The molecule has 0 radical (unpaired) electrons.